The van der Waals surface area contributed by atoms with Gasteiger partial charge in [-0.1, -0.05) is 19.8 Å². The SMILES string of the molecule is CC[C@H](C)n1cc(C(=O)NCCCc2ccncc2)c(=O)c(C(=O)N2CCCCCC2)c1. The Morgan fingerprint density at radius 3 is 2.38 bits per heavy atom. The van der Waals surface area contributed by atoms with Gasteiger partial charge in [-0.15, -0.1) is 0 Å². The van der Waals surface area contributed by atoms with Crippen LogP contribution in [0.15, 0.2) is 41.7 Å². The lowest BCUT2D eigenvalue weighted by Gasteiger charge is -2.22. The van der Waals surface area contributed by atoms with Crippen LogP contribution in [-0.4, -0.2) is 45.9 Å². The first-order chi connectivity index (χ1) is 15.5. The molecule has 7 heteroatoms. The van der Waals surface area contributed by atoms with E-state index in [1.54, 1.807) is 29.7 Å². The Labute approximate surface area is 189 Å². The van der Waals surface area contributed by atoms with E-state index in [0.29, 0.717) is 19.6 Å². The minimum atomic E-state index is -0.481. The van der Waals surface area contributed by atoms with Crippen molar-refractivity contribution >= 4 is 11.8 Å². The molecule has 0 unspecified atom stereocenters. The summed E-state index contributed by atoms with van der Waals surface area (Å²) in [7, 11) is 0. The first kappa shape index (κ1) is 23.7. The number of rotatable bonds is 8. The summed E-state index contributed by atoms with van der Waals surface area (Å²) >= 11 is 0. The number of hydrogen-bond donors (Lipinski definition) is 1. The molecule has 0 radical (unpaired) electrons. The van der Waals surface area contributed by atoms with Crippen LogP contribution < -0.4 is 10.7 Å². The molecule has 1 fully saturated rings. The van der Waals surface area contributed by atoms with Crippen molar-refractivity contribution in [3.05, 3.63) is 63.8 Å². The smallest absolute Gasteiger partial charge is 0.259 e. The first-order valence-corrected chi connectivity index (χ1v) is 11.7. The highest BCUT2D eigenvalue weighted by atomic mass is 16.2. The summed E-state index contributed by atoms with van der Waals surface area (Å²) in [6.07, 6.45) is 13.2. The lowest BCUT2D eigenvalue weighted by molar-refractivity contribution is 0.0759. The normalized spacial score (nSPS) is 15.1. The average Bonchev–Trinajstić information content (AvgIpc) is 3.11. The fourth-order valence-corrected chi connectivity index (χ4v) is 3.96. The highest BCUT2D eigenvalue weighted by Gasteiger charge is 2.24. The molecule has 2 aromatic rings. The number of hydrogen-bond acceptors (Lipinski definition) is 4. The molecule has 2 aromatic heterocycles. The van der Waals surface area contributed by atoms with Crippen LogP contribution in [0.5, 0.6) is 0 Å². The van der Waals surface area contributed by atoms with Gasteiger partial charge in [-0.25, -0.2) is 0 Å². The molecule has 1 aliphatic rings. The van der Waals surface area contributed by atoms with Gasteiger partial charge in [0.2, 0.25) is 5.43 Å². The van der Waals surface area contributed by atoms with Crippen molar-refractivity contribution < 1.29 is 9.59 Å². The van der Waals surface area contributed by atoms with Gasteiger partial charge in [-0.05, 0) is 56.7 Å². The Morgan fingerprint density at radius 2 is 1.72 bits per heavy atom. The third-order valence-corrected chi connectivity index (χ3v) is 6.19. The fraction of sp³-hybridized carbons (Fsp3) is 0.520. The van der Waals surface area contributed by atoms with Gasteiger partial charge in [0.05, 0.1) is 0 Å². The number of nitrogens with one attached hydrogen (secondary N) is 1. The predicted molar refractivity (Wildman–Crippen MR) is 125 cm³/mol. The second kappa shape index (κ2) is 11.6. The van der Waals surface area contributed by atoms with E-state index in [4.69, 9.17) is 0 Å². The van der Waals surface area contributed by atoms with Crippen LogP contribution in [-0.2, 0) is 6.42 Å². The highest BCUT2D eigenvalue weighted by molar-refractivity contribution is 5.99. The van der Waals surface area contributed by atoms with Crippen molar-refractivity contribution in [1.82, 2.24) is 19.8 Å². The van der Waals surface area contributed by atoms with E-state index in [1.807, 2.05) is 30.5 Å². The average molecular weight is 439 g/mol. The molecule has 0 saturated carbocycles. The number of nitrogens with zero attached hydrogens (tertiary/aromatic N) is 3. The maximum Gasteiger partial charge on any atom is 0.259 e. The van der Waals surface area contributed by atoms with Crippen molar-refractivity contribution in [3.63, 3.8) is 0 Å². The molecular weight excluding hydrogens is 404 g/mol. The molecule has 0 aromatic carbocycles. The van der Waals surface area contributed by atoms with Gasteiger partial charge >= 0.3 is 0 Å². The first-order valence-electron chi connectivity index (χ1n) is 11.7. The monoisotopic (exact) mass is 438 g/mol. The fourth-order valence-electron chi connectivity index (χ4n) is 3.96. The minimum Gasteiger partial charge on any atom is -0.352 e. The standard InChI is InChI=1S/C25H34N4O3/c1-3-19(2)29-17-21(24(31)27-12-8-9-20-10-13-26-14-11-20)23(30)22(18-29)25(32)28-15-6-4-5-7-16-28/h10-11,13-14,17-19H,3-9,12,15-16H2,1-2H3,(H,27,31)/t19-/m0/s1. The molecule has 7 nitrogen and oxygen atoms in total. The van der Waals surface area contributed by atoms with E-state index >= 15 is 0 Å². The second-order valence-corrected chi connectivity index (χ2v) is 8.54. The lowest BCUT2D eigenvalue weighted by atomic mass is 10.1. The summed E-state index contributed by atoms with van der Waals surface area (Å²) < 4.78 is 1.83. The third-order valence-electron chi connectivity index (χ3n) is 6.19. The van der Waals surface area contributed by atoms with Crippen molar-refractivity contribution in [2.75, 3.05) is 19.6 Å². The van der Waals surface area contributed by atoms with Gasteiger partial charge < -0.3 is 14.8 Å². The number of carbonyl (C=O) groups excluding carboxylic acids is 2. The molecule has 0 spiro atoms. The Bertz CT molecular complexity index is 963. The van der Waals surface area contributed by atoms with Crippen LogP contribution in [0.25, 0.3) is 0 Å². The molecule has 0 bridgehead atoms. The van der Waals surface area contributed by atoms with Crippen molar-refractivity contribution in [1.29, 1.82) is 0 Å². The van der Waals surface area contributed by atoms with Crippen LogP contribution in [0.4, 0.5) is 0 Å². The zero-order valence-electron chi connectivity index (χ0n) is 19.2. The molecular formula is C25H34N4O3. The summed E-state index contributed by atoms with van der Waals surface area (Å²) in [5, 5.41) is 2.86. The maximum atomic E-state index is 13.2. The second-order valence-electron chi connectivity index (χ2n) is 8.54. The third kappa shape index (κ3) is 6.05. The quantitative estimate of drug-likeness (QED) is 0.639. The lowest BCUT2D eigenvalue weighted by Crippen LogP contribution is -2.38. The number of aromatic nitrogens is 2. The van der Waals surface area contributed by atoms with Crippen LogP contribution in [0.1, 0.15) is 84.7 Å². The number of pyridine rings is 2. The predicted octanol–water partition coefficient (Wildman–Crippen LogP) is 3.59. The Balaban J connectivity index is 1.77. The van der Waals surface area contributed by atoms with E-state index in [2.05, 4.69) is 10.3 Å². The van der Waals surface area contributed by atoms with Crippen LogP contribution in [0.2, 0.25) is 0 Å². The minimum absolute atomic E-state index is 0.0369. The van der Waals surface area contributed by atoms with E-state index in [9.17, 15) is 14.4 Å². The van der Waals surface area contributed by atoms with Gasteiger partial charge in [0, 0.05) is 50.5 Å². The molecule has 3 heterocycles. The summed E-state index contributed by atoms with van der Waals surface area (Å²) in [6, 6.07) is 3.97. The van der Waals surface area contributed by atoms with Crippen LogP contribution in [0.3, 0.4) is 0 Å². The maximum absolute atomic E-state index is 13.2. The Hall–Kier alpha value is -2.96. The largest absolute Gasteiger partial charge is 0.352 e. The van der Waals surface area contributed by atoms with Gasteiger partial charge in [-0.3, -0.25) is 19.4 Å². The molecule has 3 rings (SSSR count). The van der Waals surface area contributed by atoms with Crippen LogP contribution in [0, 0.1) is 0 Å². The zero-order chi connectivity index (χ0) is 22.9. The number of likely N-dealkylation sites (tertiary alicyclic amines) is 1. The van der Waals surface area contributed by atoms with Crippen molar-refractivity contribution in [3.8, 4) is 0 Å². The molecule has 0 aliphatic carbocycles. The molecule has 1 saturated heterocycles. The van der Waals surface area contributed by atoms with Gasteiger partial charge in [0.1, 0.15) is 11.1 Å². The summed E-state index contributed by atoms with van der Waals surface area (Å²) in [5.41, 5.74) is 0.801. The van der Waals surface area contributed by atoms with Gasteiger partial charge in [-0.2, -0.15) is 0 Å². The molecule has 32 heavy (non-hydrogen) atoms. The highest BCUT2D eigenvalue weighted by Crippen LogP contribution is 2.15. The van der Waals surface area contributed by atoms with Crippen LogP contribution >= 0.6 is 0 Å². The Morgan fingerprint density at radius 1 is 1.06 bits per heavy atom. The number of aryl methyl sites for hydroxylation is 1. The van der Waals surface area contributed by atoms with E-state index < -0.39 is 11.3 Å². The van der Waals surface area contributed by atoms with E-state index in [0.717, 1.165) is 50.5 Å². The molecule has 172 valence electrons. The summed E-state index contributed by atoms with van der Waals surface area (Å²) in [4.78, 5) is 45.0. The molecule has 2 amide bonds. The molecule has 1 atom stereocenters. The van der Waals surface area contributed by atoms with Gasteiger partial charge in [0.15, 0.2) is 0 Å². The number of amides is 2. The number of carbonyl (C=O) groups is 2. The zero-order valence-corrected chi connectivity index (χ0v) is 19.2. The summed E-state index contributed by atoms with van der Waals surface area (Å²) in [5.74, 6) is -0.686. The molecule has 1 N–H and O–H groups in total. The van der Waals surface area contributed by atoms with Crippen molar-refractivity contribution in [2.24, 2.45) is 0 Å². The molecule has 1 aliphatic heterocycles. The summed E-state index contributed by atoms with van der Waals surface area (Å²) in [6.45, 7) is 5.83. The van der Waals surface area contributed by atoms with E-state index in [1.165, 1.54) is 0 Å². The van der Waals surface area contributed by atoms with Crippen molar-refractivity contribution in [2.45, 2.75) is 64.8 Å². The topological polar surface area (TPSA) is 84.3 Å². The Kier molecular flexibility index (Phi) is 8.59. The van der Waals surface area contributed by atoms with Gasteiger partial charge in [0.25, 0.3) is 11.8 Å². The van der Waals surface area contributed by atoms with E-state index in [-0.39, 0.29) is 23.1 Å².